The lowest BCUT2D eigenvalue weighted by Crippen LogP contribution is -2.52. The Morgan fingerprint density at radius 3 is 2.40 bits per heavy atom. The fourth-order valence-electron chi connectivity index (χ4n) is 2.68. The Balaban J connectivity index is 2.37. The van der Waals surface area contributed by atoms with Crippen molar-refractivity contribution >= 4 is 12.0 Å². The normalized spacial score (nSPS) is 17.1. The van der Waals surface area contributed by atoms with Crippen molar-refractivity contribution in [1.29, 1.82) is 0 Å². The van der Waals surface area contributed by atoms with Crippen LogP contribution in [-0.2, 0) is 4.79 Å². The molecule has 20 heavy (non-hydrogen) atoms. The van der Waals surface area contributed by atoms with Crippen LogP contribution in [0.25, 0.3) is 0 Å². The Bertz CT molecular complexity index is 334. The summed E-state index contributed by atoms with van der Waals surface area (Å²) in [7, 11) is 0. The minimum absolute atomic E-state index is 0.0599. The fourth-order valence-corrected chi connectivity index (χ4v) is 2.68. The number of hydrogen-bond acceptors (Lipinski definition) is 2. The molecule has 1 saturated heterocycles. The average molecular weight is 284 g/mol. The maximum atomic E-state index is 12.2. The topological polar surface area (TPSA) is 69.6 Å². The van der Waals surface area contributed by atoms with Gasteiger partial charge in [0.15, 0.2) is 0 Å². The van der Waals surface area contributed by atoms with Crippen LogP contribution in [0.1, 0.15) is 59.3 Å². The quantitative estimate of drug-likeness (QED) is 0.788. The van der Waals surface area contributed by atoms with E-state index in [1.807, 2.05) is 18.7 Å². The third-order valence-electron chi connectivity index (χ3n) is 4.01. The Morgan fingerprint density at radius 1 is 1.30 bits per heavy atom. The maximum Gasteiger partial charge on any atom is 0.317 e. The van der Waals surface area contributed by atoms with Gasteiger partial charge in [-0.1, -0.05) is 19.8 Å². The predicted molar refractivity (Wildman–Crippen MR) is 78.7 cm³/mol. The minimum atomic E-state index is -0.826. The first-order valence-corrected chi connectivity index (χ1v) is 7.63. The lowest BCUT2D eigenvalue weighted by Gasteiger charge is -2.35. The zero-order valence-corrected chi connectivity index (χ0v) is 12.9. The number of nitrogens with one attached hydrogen (secondary N) is 1. The number of carbonyl (C=O) groups excluding carboxylic acids is 1. The van der Waals surface area contributed by atoms with Crippen LogP contribution in [0.3, 0.4) is 0 Å². The highest BCUT2D eigenvalue weighted by Crippen LogP contribution is 2.22. The largest absolute Gasteiger partial charge is 0.481 e. The second kappa shape index (κ2) is 7.50. The molecule has 0 aromatic heterocycles. The molecule has 0 aliphatic carbocycles. The van der Waals surface area contributed by atoms with Gasteiger partial charge in [0.25, 0.3) is 0 Å². The molecule has 1 rings (SSSR count). The molecule has 0 saturated carbocycles. The lowest BCUT2D eigenvalue weighted by atomic mass is 9.92. The summed E-state index contributed by atoms with van der Waals surface area (Å²) >= 11 is 0. The number of hydrogen-bond donors (Lipinski definition) is 2. The van der Waals surface area contributed by atoms with Gasteiger partial charge in [0.1, 0.15) is 0 Å². The number of amides is 2. The van der Waals surface area contributed by atoms with Crippen LogP contribution in [0.15, 0.2) is 0 Å². The molecule has 1 fully saturated rings. The average Bonchev–Trinajstić information content (AvgIpc) is 2.37. The molecule has 2 amide bonds. The molecule has 0 atom stereocenters. The van der Waals surface area contributed by atoms with E-state index >= 15 is 0 Å². The van der Waals surface area contributed by atoms with E-state index in [-0.39, 0.29) is 12.5 Å². The highest BCUT2D eigenvalue weighted by molar-refractivity contribution is 5.75. The van der Waals surface area contributed by atoms with Crippen LogP contribution < -0.4 is 5.32 Å². The van der Waals surface area contributed by atoms with Gasteiger partial charge in [-0.05, 0) is 39.0 Å². The second-order valence-electron chi connectivity index (χ2n) is 6.43. The molecule has 1 aliphatic heterocycles. The number of urea groups is 1. The zero-order chi connectivity index (χ0) is 15.2. The van der Waals surface area contributed by atoms with E-state index in [0.29, 0.717) is 6.42 Å². The summed E-state index contributed by atoms with van der Waals surface area (Å²) in [5.41, 5.74) is -0.476. The van der Waals surface area contributed by atoms with E-state index < -0.39 is 11.5 Å². The van der Waals surface area contributed by atoms with E-state index in [0.717, 1.165) is 31.8 Å². The highest BCUT2D eigenvalue weighted by Gasteiger charge is 2.27. The van der Waals surface area contributed by atoms with Crippen molar-refractivity contribution in [2.24, 2.45) is 5.92 Å². The molecule has 2 N–H and O–H groups in total. The summed E-state index contributed by atoms with van der Waals surface area (Å²) in [6, 6.07) is -0.0599. The molecule has 1 aliphatic rings. The first-order chi connectivity index (χ1) is 9.34. The Kier molecular flexibility index (Phi) is 6.30. The van der Waals surface area contributed by atoms with E-state index in [4.69, 9.17) is 5.11 Å². The van der Waals surface area contributed by atoms with Crippen LogP contribution in [0.5, 0.6) is 0 Å². The molecule has 5 nitrogen and oxygen atoms in total. The molecular weight excluding hydrogens is 256 g/mol. The summed E-state index contributed by atoms with van der Waals surface area (Å²) in [4.78, 5) is 24.7. The number of carbonyl (C=O) groups is 2. The Labute approximate surface area is 121 Å². The third-order valence-corrected chi connectivity index (χ3v) is 4.01. The number of piperidine rings is 1. The highest BCUT2D eigenvalue weighted by atomic mass is 16.4. The van der Waals surface area contributed by atoms with Crippen molar-refractivity contribution in [2.75, 3.05) is 13.1 Å². The van der Waals surface area contributed by atoms with Crippen LogP contribution >= 0.6 is 0 Å². The Morgan fingerprint density at radius 2 is 1.90 bits per heavy atom. The summed E-state index contributed by atoms with van der Waals surface area (Å²) < 4.78 is 0. The molecule has 0 bridgehead atoms. The van der Waals surface area contributed by atoms with Gasteiger partial charge in [-0.3, -0.25) is 4.79 Å². The van der Waals surface area contributed by atoms with Crippen molar-refractivity contribution < 1.29 is 14.7 Å². The van der Waals surface area contributed by atoms with Crippen LogP contribution in [0.4, 0.5) is 4.79 Å². The van der Waals surface area contributed by atoms with Gasteiger partial charge in [0.05, 0.1) is 0 Å². The van der Waals surface area contributed by atoms with Gasteiger partial charge in [-0.15, -0.1) is 0 Å². The van der Waals surface area contributed by atoms with Gasteiger partial charge < -0.3 is 15.3 Å². The van der Waals surface area contributed by atoms with E-state index in [2.05, 4.69) is 12.2 Å². The number of aliphatic carboxylic acids is 1. The van der Waals surface area contributed by atoms with E-state index in [1.54, 1.807) is 0 Å². The van der Waals surface area contributed by atoms with Gasteiger partial charge >= 0.3 is 12.0 Å². The molecule has 5 heteroatoms. The number of likely N-dealkylation sites (tertiary alicyclic amines) is 1. The van der Waals surface area contributed by atoms with Gasteiger partial charge in [0.2, 0.25) is 0 Å². The first-order valence-electron chi connectivity index (χ1n) is 7.63. The first kappa shape index (κ1) is 16.8. The molecule has 116 valence electrons. The van der Waals surface area contributed by atoms with Crippen molar-refractivity contribution in [1.82, 2.24) is 10.2 Å². The third kappa shape index (κ3) is 5.80. The molecule has 0 aromatic carbocycles. The van der Waals surface area contributed by atoms with Gasteiger partial charge in [-0.2, -0.15) is 0 Å². The Hall–Kier alpha value is -1.26. The van der Waals surface area contributed by atoms with E-state index in [1.165, 1.54) is 12.8 Å². The van der Waals surface area contributed by atoms with Crippen LogP contribution in [0, 0.1) is 5.92 Å². The SMILES string of the molecule is CCCC1CCN(C(=O)NC(C)(C)CCC(=O)O)CC1. The number of carboxylic acid groups (broad SMARTS) is 1. The monoisotopic (exact) mass is 284 g/mol. The summed E-state index contributed by atoms with van der Waals surface area (Å²) in [5.74, 6) is -0.0724. The van der Waals surface area contributed by atoms with Crippen molar-refractivity contribution in [2.45, 2.75) is 64.8 Å². The molecule has 0 spiro atoms. The molecule has 0 aromatic rings. The van der Waals surface area contributed by atoms with Crippen molar-refractivity contribution in [3.8, 4) is 0 Å². The van der Waals surface area contributed by atoms with E-state index in [9.17, 15) is 9.59 Å². The molecule has 1 heterocycles. The number of rotatable bonds is 6. The minimum Gasteiger partial charge on any atom is -0.481 e. The molecular formula is C15H28N2O3. The fraction of sp³-hybridized carbons (Fsp3) is 0.867. The maximum absolute atomic E-state index is 12.2. The van der Waals surface area contributed by atoms with Crippen molar-refractivity contribution in [3.63, 3.8) is 0 Å². The van der Waals surface area contributed by atoms with Crippen molar-refractivity contribution in [3.05, 3.63) is 0 Å². The summed E-state index contributed by atoms with van der Waals surface area (Å²) in [6.45, 7) is 7.57. The van der Waals surface area contributed by atoms with Crippen LogP contribution in [0.2, 0.25) is 0 Å². The summed E-state index contributed by atoms with van der Waals surface area (Å²) in [6.07, 6.45) is 5.14. The zero-order valence-electron chi connectivity index (χ0n) is 12.9. The second-order valence-corrected chi connectivity index (χ2v) is 6.43. The smallest absolute Gasteiger partial charge is 0.317 e. The predicted octanol–water partition coefficient (Wildman–Crippen LogP) is 2.85. The number of carboxylic acids is 1. The molecule has 0 unspecified atom stereocenters. The number of nitrogens with zero attached hydrogens (tertiary/aromatic N) is 1. The van der Waals surface area contributed by atoms with Crippen LogP contribution in [-0.4, -0.2) is 40.6 Å². The standard InChI is InChI=1S/C15H28N2O3/c1-4-5-12-7-10-17(11-8-12)14(20)16-15(2,3)9-6-13(18)19/h12H,4-11H2,1-3H3,(H,16,20)(H,18,19). The van der Waals surface area contributed by atoms with Gasteiger partial charge in [0, 0.05) is 25.0 Å². The van der Waals surface area contributed by atoms with Gasteiger partial charge in [-0.25, -0.2) is 4.79 Å². The molecule has 0 radical (unpaired) electrons. The summed E-state index contributed by atoms with van der Waals surface area (Å²) in [5, 5.41) is 11.7. The lowest BCUT2D eigenvalue weighted by molar-refractivity contribution is -0.137.